The average Bonchev–Trinajstić information content (AvgIpc) is 2.94. The topological polar surface area (TPSA) is 151 Å². The van der Waals surface area contributed by atoms with E-state index in [0.717, 1.165) is 12.1 Å². The number of aliphatic hydroxyl groups excluding tert-OH is 1. The zero-order chi connectivity index (χ0) is 28.9. The monoisotopic (exact) mass is 596 g/mol. The van der Waals surface area contributed by atoms with Gasteiger partial charge in [0, 0.05) is 49.5 Å². The molecule has 2 heterocycles. The maximum Gasteiger partial charge on any atom is 0.258 e. The van der Waals surface area contributed by atoms with E-state index in [2.05, 4.69) is 14.7 Å². The van der Waals surface area contributed by atoms with E-state index in [1.165, 1.54) is 6.20 Å². The molecule has 0 unspecified atom stereocenters. The quantitative estimate of drug-likeness (QED) is 0.299. The summed E-state index contributed by atoms with van der Waals surface area (Å²) in [5.41, 5.74) is 6.74. The number of carbonyl (C=O) groups is 1. The first kappa shape index (κ1) is 29.4. The molecule has 0 atom stereocenters. The van der Waals surface area contributed by atoms with Gasteiger partial charge in [-0.15, -0.1) is 0 Å². The Labute approximate surface area is 234 Å². The van der Waals surface area contributed by atoms with E-state index in [4.69, 9.17) is 27.2 Å². The third kappa shape index (κ3) is 7.33. The predicted molar refractivity (Wildman–Crippen MR) is 145 cm³/mol. The molecule has 4 N–H and O–H groups in total. The van der Waals surface area contributed by atoms with E-state index in [1.807, 2.05) is 4.90 Å². The number of sulfonamides is 1. The number of piperazine rings is 1. The first-order valence-electron chi connectivity index (χ1n) is 12.2. The Bertz CT molecular complexity index is 1490. The number of nitrogens with two attached hydrogens (primary N) is 1. The van der Waals surface area contributed by atoms with Gasteiger partial charge in [0.2, 0.25) is 15.9 Å². The molecule has 214 valence electrons. The van der Waals surface area contributed by atoms with Crippen LogP contribution in [0, 0.1) is 11.6 Å². The smallest absolute Gasteiger partial charge is 0.258 e. The highest BCUT2D eigenvalue weighted by Crippen LogP contribution is 2.28. The number of halogens is 3. The van der Waals surface area contributed by atoms with Gasteiger partial charge >= 0.3 is 0 Å². The van der Waals surface area contributed by atoms with Crippen LogP contribution < -0.4 is 15.2 Å². The van der Waals surface area contributed by atoms with Gasteiger partial charge in [0.1, 0.15) is 24.8 Å². The van der Waals surface area contributed by atoms with Gasteiger partial charge in [0.05, 0.1) is 22.7 Å². The molecule has 3 aromatic rings. The SMILES string of the molecule is Nc1ncc(-c2cccc(NS(=O)(=O)CCN3CCN(C(=O)CO)CC3)c2)nc1OCc1c(F)ccc(F)c1Cl. The van der Waals surface area contributed by atoms with Crippen molar-refractivity contribution in [2.75, 3.05) is 55.5 Å². The van der Waals surface area contributed by atoms with Crippen molar-refractivity contribution in [1.29, 1.82) is 0 Å². The Morgan fingerprint density at radius 1 is 1.15 bits per heavy atom. The van der Waals surface area contributed by atoms with Gasteiger partial charge in [-0.25, -0.2) is 27.2 Å². The lowest BCUT2D eigenvalue weighted by molar-refractivity contribution is -0.135. The van der Waals surface area contributed by atoms with E-state index >= 15 is 0 Å². The van der Waals surface area contributed by atoms with Crippen LogP contribution in [0.3, 0.4) is 0 Å². The van der Waals surface area contributed by atoms with E-state index in [1.54, 1.807) is 29.2 Å². The Balaban J connectivity index is 1.40. The lowest BCUT2D eigenvalue weighted by Gasteiger charge is -2.34. The van der Waals surface area contributed by atoms with E-state index in [-0.39, 0.29) is 35.5 Å². The molecule has 11 nitrogen and oxygen atoms in total. The van der Waals surface area contributed by atoms with Crippen molar-refractivity contribution in [3.63, 3.8) is 0 Å². The molecule has 1 amide bonds. The first-order chi connectivity index (χ1) is 19.1. The number of rotatable bonds is 10. The van der Waals surface area contributed by atoms with Crippen molar-refractivity contribution >= 4 is 39.0 Å². The number of anilines is 2. The molecule has 2 aromatic carbocycles. The largest absolute Gasteiger partial charge is 0.470 e. The number of hydrogen-bond donors (Lipinski definition) is 3. The van der Waals surface area contributed by atoms with Crippen LogP contribution in [0.2, 0.25) is 5.02 Å². The second-order valence-electron chi connectivity index (χ2n) is 8.94. The Morgan fingerprint density at radius 2 is 1.88 bits per heavy atom. The molecule has 1 aliphatic heterocycles. The van der Waals surface area contributed by atoms with Crippen LogP contribution >= 0.6 is 11.6 Å². The highest BCUT2D eigenvalue weighted by molar-refractivity contribution is 7.92. The zero-order valence-corrected chi connectivity index (χ0v) is 22.8. The number of nitrogen functional groups attached to an aromatic ring is 1. The summed E-state index contributed by atoms with van der Waals surface area (Å²) >= 11 is 5.85. The summed E-state index contributed by atoms with van der Waals surface area (Å²) < 4.78 is 61.3. The standard InChI is InChI=1S/C25H27ClF2N6O5S/c26-23-18(19(27)4-5-20(23)28)15-39-25-24(29)30-13-21(31-25)16-2-1-3-17(12-16)32-40(37,38)11-10-33-6-8-34(9-7-33)22(36)14-35/h1-5,12-13,32,35H,6-11,14-15H2,(H2,29,30). The normalized spacial score (nSPS) is 14.2. The number of ether oxygens (including phenoxy) is 1. The fourth-order valence-corrected chi connectivity index (χ4v) is 5.31. The molecular weight excluding hydrogens is 570 g/mol. The minimum atomic E-state index is -3.70. The molecular formula is C25H27ClF2N6O5S. The molecule has 1 aromatic heterocycles. The maximum absolute atomic E-state index is 14.1. The van der Waals surface area contributed by atoms with Crippen molar-refractivity contribution in [2.45, 2.75) is 6.61 Å². The van der Waals surface area contributed by atoms with Gasteiger partial charge < -0.3 is 20.5 Å². The summed E-state index contributed by atoms with van der Waals surface area (Å²) in [4.78, 5) is 23.4. The fraction of sp³-hybridized carbons (Fsp3) is 0.320. The molecule has 0 spiro atoms. The number of aromatic nitrogens is 2. The summed E-state index contributed by atoms with van der Waals surface area (Å²) in [6, 6.07) is 8.28. The summed E-state index contributed by atoms with van der Waals surface area (Å²) in [6.45, 7) is 1.15. The van der Waals surface area contributed by atoms with Crippen LogP contribution in [0.25, 0.3) is 11.3 Å². The minimum Gasteiger partial charge on any atom is -0.470 e. The first-order valence-corrected chi connectivity index (χ1v) is 14.2. The number of aliphatic hydroxyl groups is 1. The summed E-state index contributed by atoms with van der Waals surface area (Å²) in [6.07, 6.45) is 1.37. The number of hydrogen-bond acceptors (Lipinski definition) is 9. The summed E-state index contributed by atoms with van der Waals surface area (Å²) in [5.74, 6) is -2.29. The summed E-state index contributed by atoms with van der Waals surface area (Å²) in [7, 11) is -3.70. The molecule has 0 aliphatic carbocycles. The highest BCUT2D eigenvalue weighted by Gasteiger charge is 2.22. The number of nitrogens with one attached hydrogen (secondary N) is 1. The zero-order valence-electron chi connectivity index (χ0n) is 21.2. The number of nitrogens with zero attached hydrogens (tertiary/aromatic N) is 4. The van der Waals surface area contributed by atoms with Gasteiger partial charge in [-0.3, -0.25) is 14.4 Å². The van der Waals surface area contributed by atoms with Crippen LogP contribution in [0.4, 0.5) is 20.3 Å². The molecule has 1 aliphatic rings. The molecule has 40 heavy (non-hydrogen) atoms. The maximum atomic E-state index is 14.1. The number of benzene rings is 2. The minimum absolute atomic E-state index is 0.0879. The number of amides is 1. The average molecular weight is 597 g/mol. The third-order valence-electron chi connectivity index (χ3n) is 6.23. The molecule has 0 saturated carbocycles. The van der Waals surface area contributed by atoms with E-state index in [0.29, 0.717) is 43.1 Å². The molecule has 0 radical (unpaired) electrons. The van der Waals surface area contributed by atoms with Crippen LogP contribution in [-0.4, -0.2) is 84.3 Å². The second-order valence-corrected chi connectivity index (χ2v) is 11.2. The van der Waals surface area contributed by atoms with Crippen molar-refractivity contribution in [3.8, 4) is 17.1 Å². The second kappa shape index (κ2) is 12.7. The molecule has 1 saturated heterocycles. The van der Waals surface area contributed by atoms with Gasteiger partial charge in [-0.05, 0) is 24.3 Å². The Kier molecular flexibility index (Phi) is 9.35. The van der Waals surface area contributed by atoms with Crippen LogP contribution in [0.5, 0.6) is 5.88 Å². The lowest BCUT2D eigenvalue weighted by Crippen LogP contribution is -2.50. The van der Waals surface area contributed by atoms with Gasteiger partial charge in [0.15, 0.2) is 5.82 Å². The lowest BCUT2D eigenvalue weighted by atomic mass is 10.1. The number of carbonyl (C=O) groups excluding carboxylic acids is 1. The van der Waals surface area contributed by atoms with Crippen molar-refractivity contribution in [3.05, 3.63) is 64.8 Å². The van der Waals surface area contributed by atoms with E-state index < -0.39 is 39.9 Å². The van der Waals surface area contributed by atoms with Crippen LogP contribution in [-0.2, 0) is 21.4 Å². The molecule has 1 fully saturated rings. The van der Waals surface area contributed by atoms with Crippen molar-refractivity contribution < 1.29 is 31.8 Å². The Morgan fingerprint density at radius 3 is 2.60 bits per heavy atom. The van der Waals surface area contributed by atoms with Crippen molar-refractivity contribution in [2.24, 2.45) is 0 Å². The van der Waals surface area contributed by atoms with Crippen molar-refractivity contribution in [1.82, 2.24) is 19.8 Å². The van der Waals surface area contributed by atoms with Gasteiger partial charge in [-0.1, -0.05) is 23.7 Å². The fourth-order valence-electron chi connectivity index (χ4n) is 4.01. The highest BCUT2D eigenvalue weighted by atomic mass is 35.5. The van der Waals surface area contributed by atoms with E-state index in [9.17, 15) is 22.0 Å². The molecule has 0 bridgehead atoms. The molecule has 4 rings (SSSR count). The van der Waals surface area contributed by atoms with Crippen LogP contribution in [0.15, 0.2) is 42.6 Å². The molecule has 15 heteroatoms. The third-order valence-corrected chi connectivity index (χ3v) is 7.90. The Hall–Kier alpha value is -3.59. The summed E-state index contributed by atoms with van der Waals surface area (Å²) in [5, 5.41) is 8.56. The van der Waals surface area contributed by atoms with Gasteiger partial charge in [-0.2, -0.15) is 0 Å². The van der Waals surface area contributed by atoms with Crippen LogP contribution in [0.1, 0.15) is 5.56 Å². The predicted octanol–water partition coefficient (Wildman–Crippen LogP) is 2.11. The van der Waals surface area contributed by atoms with Gasteiger partial charge in [0.25, 0.3) is 5.88 Å².